The molecule has 1 heterocycles. The second-order valence-electron chi connectivity index (χ2n) is 7.42. The first kappa shape index (κ1) is 22.0. The lowest BCUT2D eigenvalue weighted by Crippen LogP contribution is -2.25. The second kappa shape index (κ2) is 8.03. The van der Waals surface area contributed by atoms with Crippen molar-refractivity contribution in [3.8, 4) is 5.75 Å². The van der Waals surface area contributed by atoms with E-state index in [-0.39, 0.29) is 12.0 Å². The van der Waals surface area contributed by atoms with Crippen LogP contribution < -0.4 is 10.1 Å². The Morgan fingerprint density at radius 1 is 0.812 bits per heavy atom. The van der Waals surface area contributed by atoms with Crippen molar-refractivity contribution in [3.05, 3.63) is 94.8 Å². The van der Waals surface area contributed by atoms with Crippen LogP contribution in [0.2, 0.25) is 0 Å². The van der Waals surface area contributed by atoms with Gasteiger partial charge in [-0.2, -0.15) is 13.2 Å². The first-order valence-electron chi connectivity index (χ1n) is 9.59. The Balaban J connectivity index is 1.80. The molecule has 2 unspecified atom stereocenters. The molecule has 0 saturated carbocycles. The number of alkyl halides is 6. The highest BCUT2D eigenvalue weighted by Gasteiger charge is 2.38. The van der Waals surface area contributed by atoms with E-state index < -0.39 is 41.6 Å². The number of halogens is 7. The molecule has 168 valence electrons. The molecule has 0 fully saturated rings. The van der Waals surface area contributed by atoms with E-state index in [0.717, 1.165) is 23.8 Å². The summed E-state index contributed by atoms with van der Waals surface area (Å²) in [5.74, 6) is -1.94. The van der Waals surface area contributed by atoms with E-state index >= 15 is 0 Å². The van der Waals surface area contributed by atoms with Crippen LogP contribution >= 0.6 is 0 Å². The van der Waals surface area contributed by atoms with Gasteiger partial charge < -0.3 is 10.1 Å². The number of benzene rings is 3. The standard InChI is InChI=1S/C23H16F7NO/c24-14-6-8-16(19(10-14)22(25,26)27)21-12-17(13-4-2-1-3-5-13)18-11-15(32-23(28,29)30)7-9-20(18)31-21/h1-11,17,21,31H,12H2. The predicted octanol–water partition coefficient (Wildman–Crippen LogP) is 7.43. The molecule has 1 N–H and O–H groups in total. The third-order valence-corrected chi connectivity index (χ3v) is 5.33. The van der Waals surface area contributed by atoms with Gasteiger partial charge in [-0.25, -0.2) is 4.39 Å². The highest BCUT2D eigenvalue weighted by molar-refractivity contribution is 5.62. The number of fused-ring (bicyclic) bond motifs is 1. The van der Waals surface area contributed by atoms with Gasteiger partial charge in [-0.3, -0.25) is 0 Å². The summed E-state index contributed by atoms with van der Waals surface area (Å²) in [6, 6.07) is 14.1. The van der Waals surface area contributed by atoms with Gasteiger partial charge in [-0.1, -0.05) is 36.4 Å². The van der Waals surface area contributed by atoms with Crippen LogP contribution in [0.5, 0.6) is 5.75 Å². The van der Waals surface area contributed by atoms with E-state index in [1.807, 2.05) is 0 Å². The first-order chi connectivity index (χ1) is 15.0. The zero-order valence-corrected chi connectivity index (χ0v) is 16.3. The van der Waals surface area contributed by atoms with Crippen molar-refractivity contribution in [3.63, 3.8) is 0 Å². The van der Waals surface area contributed by atoms with Gasteiger partial charge >= 0.3 is 12.5 Å². The zero-order valence-electron chi connectivity index (χ0n) is 16.3. The first-order valence-corrected chi connectivity index (χ1v) is 9.59. The van der Waals surface area contributed by atoms with E-state index in [9.17, 15) is 30.7 Å². The molecule has 0 bridgehead atoms. The largest absolute Gasteiger partial charge is 0.573 e. The van der Waals surface area contributed by atoms with E-state index in [1.165, 1.54) is 12.1 Å². The molecule has 0 radical (unpaired) electrons. The number of hydrogen-bond donors (Lipinski definition) is 1. The highest BCUT2D eigenvalue weighted by Crippen LogP contribution is 2.47. The summed E-state index contributed by atoms with van der Waals surface area (Å²) in [6.45, 7) is 0. The van der Waals surface area contributed by atoms with Crippen LogP contribution in [0.1, 0.15) is 40.6 Å². The fourth-order valence-corrected chi connectivity index (χ4v) is 4.05. The molecule has 32 heavy (non-hydrogen) atoms. The van der Waals surface area contributed by atoms with Crippen LogP contribution in [-0.2, 0) is 6.18 Å². The topological polar surface area (TPSA) is 21.3 Å². The van der Waals surface area contributed by atoms with Crippen molar-refractivity contribution in [2.75, 3.05) is 5.32 Å². The van der Waals surface area contributed by atoms with E-state index in [2.05, 4.69) is 10.1 Å². The fraction of sp³-hybridized carbons (Fsp3) is 0.217. The molecular weight excluding hydrogens is 439 g/mol. The Bertz CT molecular complexity index is 1110. The summed E-state index contributed by atoms with van der Waals surface area (Å²) in [5.41, 5.74) is 0.329. The Labute approximate surface area is 178 Å². The molecule has 1 aliphatic rings. The molecule has 0 amide bonds. The molecule has 3 aromatic rings. The van der Waals surface area contributed by atoms with Crippen LogP contribution in [0.4, 0.5) is 36.4 Å². The van der Waals surface area contributed by atoms with Crippen LogP contribution in [-0.4, -0.2) is 6.36 Å². The lowest BCUT2D eigenvalue weighted by Gasteiger charge is -2.35. The summed E-state index contributed by atoms with van der Waals surface area (Å²) in [7, 11) is 0. The van der Waals surface area contributed by atoms with Gasteiger partial charge in [0.05, 0.1) is 11.6 Å². The van der Waals surface area contributed by atoms with E-state index in [4.69, 9.17) is 0 Å². The quantitative estimate of drug-likeness (QED) is 0.415. The SMILES string of the molecule is Fc1ccc(C2CC(c3ccccc3)c3cc(OC(F)(F)F)ccc3N2)c(C(F)(F)F)c1. The van der Waals surface area contributed by atoms with Gasteiger partial charge in [0.15, 0.2) is 0 Å². The minimum atomic E-state index is -4.88. The summed E-state index contributed by atoms with van der Waals surface area (Å²) >= 11 is 0. The molecule has 3 aromatic carbocycles. The van der Waals surface area contributed by atoms with Crippen LogP contribution in [0.25, 0.3) is 0 Å². The van der Waals surface area contributed by atoms with Crippen molar-refractivity contribution in [1.29, 1.82) is 0 Å². The maximum atomic E-state index is 13.6. The van der Waals surface area contributed by atoms with E-state index in [0.29, 0.717) is 17.3 Å². The smallest absolute Gasteiger partial charge is 0.406 e. The number of hydrogen-bond acceptors (Lipinski definition) is 2. The minimum Gasteiger partial charge on any atom is -0.406 e. The second-order valence-corrected chi connectivity index (χ2v) is 7.42. The number of anilines is 1. The van der Waals surface area contributed by atoms with Gasteiger partial charge in [-0.15, -0.1) is 13.2 Å². The Kier molecular flexibility index (Phi) is 5.52. The third-order valence-electron chi connectivity index (χ3n) is 5.33. The molecule has 0 spiro atoms. The molecule has 2 atom stereocenters. The van der Waals surface area contributed by atoms with Crippen molar-refractivity contribution in [2.24, 2.45) is 0 Å². The summed E-state index contributed by atoms with van der Waals surface area (Å²) in [5, 5.41) is 2.98. The van der Waals surface area contributed by atoms with Gasteiger partial charge in [0, 0.05) is 11.6 Å². The van der Waals surface area contributed by atoms with Crippen molar-refractivity contribution in [2.45, 2.75) is 30.9 Å². The van der Waals surface area contributed by atoms with Crippen LogP contribution in [0.3, 0.4) is 0 Å². The summed E-state index contributed by atoms with van der Waals surface area (Å²) < 4.78 is 96.4. The predicted molar refractivity (Wildman–Crippen MR) is 104 cm³/mol. The monoisotopic (exact) mass is 455 g/mol. The molecule has 9 heteroatoms. The Hall–Kier alpha value is -3.23. The van der Waals surface area contributed by atoms with Gasteiger partial charge in [0.25, 0.3) is 0 Å². The molecular formula is C23H16F7NO. The fourth-order valence-electron chi connectivity index (χ4n) is 4.05. The lowest BCUT2D eigenvalue weighted by molar-refractivity contribution is -0.274. The molecule has 2 nitrogen and oxygen atoms in total. The van der Waals surface area contributed by atoms with Crippen molar-refractivity contribution in [1.82, 2.24) is 0 Å². The number of ether oxygens (including phenoxy) is 1. The average Bonchev–Trinajstić information content (AvgIpc) is 2.72. The lowest BCUT2D eigenvalue weighted by atomic mass is 9.79. The molecule has 1 aliphatic heterocycles. The Morgan fingerprint density at radius 2 is 1.53 bits per heavy atom. The normalized spacial score (nSPS) is 18.6. The maximum Gasteiger partial charge on any atom is 0.573 e. The average molecular weight is 455 g/mol. The van der Waals surface area contributed by atoms with Gasteiger partial charge in [0.1, 0.15) is 11.6 Å². The molecule has 0 saturated heterocycles. The van der Waals surface area contributed by atoms with E-state index in [1.54, 1.807) is 30.3 Å². The van der Waals surface area contributed by atoms with Gasteiger partial charge in [0.2, 0.25) is 0 Å². The Morgan fingerprint density at radius 3 is 2.19 bits per heavy atom. The molecule has 0 aliphatic carbocycles. The molecule has 0 aromatic heterocycles. The highest BCUT2D eigenvalue weighted by atomic mass is 19.4. The van der Waals surface area contributed by atoms with Crippen LogP contribution in [0, 0.1) is 5.82 Å². The zero-order chi connectivity index (χ0) is 23.1. The summed E-state index contributed by atoms with van der Waals surface area (Å²) in [6.07, 6.45) is -9.54. The number of rotatable bonds is 3. The van der Waals surface area contributed by atoms with Crippen molar-refractivity contribution < 1.29 is 35.5 Å². The third kappa shape index (κ3) is 4.66. The summed E-state index contributed by atoms with van der Waals surface area (Å²) in [4.78, 5) is 0. The minimum absolute atomic E-state index is 0.112. The van der Waals surface area contributed by atoms with Crippen LogP contribution in [0.15, 0.2) is 66.7 Å². The van der Waals surface area contributed by atoms with Crippen molar-refractivity contribution >= 4 is 5.69 Å². The maximum absolute atomic E-state index is 13.6. The van der Waals surface area contributed by atoms with Gasteiger partial charge in [-0.05, 0) is 53.4 Å². The molecule has 4 rings (SSSR count). The number of nitrogens with one attached hydrogen (secondary N) is 1.